The van der Waals surface area contributed by atoms with E-state index in [1.165, 1.54) is 25.8 Å². The molecule has 4 atom stereocenters. The third kappa shape index (κ3) is 3.19. The van der Waals surface area contributed by atoms with Crippen molar-refractivity contribution in [3.05, 3.63) is 0 Å². The van der Waals surface area contributed by atoms with Gasteiger partial charge in [0.2, 0.25) is 0 Å². The average Bonchev–Trinajstić information content (AvgIpc) is 2.81. The zero-order valence-corrected chi connectivity index (χ0v) is 10.7. The van der Waals surface area contributed by atoms with Crippen LogP contribution in [0, 0.1) is 11.8 Å². The highest BCUT2D eigenvalue weighted by Gasteiger charge is 2.25. The van der Waals surface area contributed by atoms with Crippen molar-refractivity contribution in [3.8, 4) is 0 Å². The maximum absolute atomic E-state index is 5.44. The van der Waals surface area contributed by atoms with Crippen molar-refractivity contribution >= 4 is 0 Å². The standard InChI is InChI=1S/C13H26N2O/c1-10-4-3-6-14-13(10)8-15-11(2)12-5-7-16-9-12/h10-15H,3-9H2,1-2H3. The van der Waals surface area contributed by atoms with Crippen LogP contribution in [0.3, 0.4) is 0 Å². The van der Waals surface area contributed by atoms with E-state index in [2.05, 4.69) is 24.5 Å². The summed E-state index contributed by atoms with van der Waals surface area (Å²) in [5.74, 6) is 1.53. The first-order valence-corrected chi connectivity index (χ1v) is 6.82. The van der Waals surface area contributed by atoms with Gasteiger partial charge in [0.15, 0.2) is 0 Å². The van der Waals surface area contributed by atoms with E-state index in [1.54, 1.807) is 0 Å². The molecule has 0 bridgehead atoms. The maximum Gasteiger partial charge on any atom is 0.0509 e. The second-order valence-corrected chi connectivity index (χ2v) is 5.50. The van der Waals surface area contributed by atoms with Gasteiger partial charge in [0.05, 0.1) is 6.61 Å². The maximum atomic E-state index is 5.44. The molecule has 94 valence electrons. The van der Waals surface area contributed by atoms with Gasteiger partial charge in [-0.05, 0) is 44.6 Å². The largest absolute Gasteiger partial charge is 0.381 e. The lowest BCUT2D eigenvalue weighted by Crippen LogP contribution is -2.49. The van der Waals surface area contributed by atoms with Crippen LogP contribution in [0.15, 0.2) is 0 Å². The lowest BCUT2D eigenvalue weighted by molar-refractivity contribution is 0.176. The van der Waals surface area contributed by atoms with E-state index in [0.717, 1.165) is 31.6 Å². The molecule has 3 heteroatoms. The fraction of sp³-hybridized carbons (Fsp3) is 1.00. The monoisotopic (exact) mass is 226 g/mol. The van der Waals surface area contributed by atoms with E-state index in [9.17, 15) is 0 Å². The third-order valence-corrected chi connectivity index (χ3v) is 4.26. The van der Waals surface area contributed by atoms with Gasteiger partial charge < -0.3 is 15.4 Å². The lowest BCUT2D eigenvalue weighted by atomic mass is 9.92. The van der Waals surface area contributed by atoms with Crippen LogP contribution in [0.1, 0.15) is 33.1 Å². The minimum absolute atomic E-state index is 0.596. The zero-order valence-electron chi connectivity index (χ0n) is 10.7. The van der Waals surface area contributed by atoms with Gasteiger partial charge in [-0.3, -0.25) is 0 Å². The highest BCUT2D eigenvalue weighted by Crippen LogP contribution is 2.18. The third-order valence-electron chi connectivity index (χ3n) is 4.26. The Bertz CT molecular complexity index is 204. The average molecular weight is 226 g/mol. The Morgan fingerprint density at radius 2 is 2.31 bits per heavy atom. The van der Waals surface area contributed by atoms with Gasteiger partial charge in [-0.2, -0.15) is 0 Å². The van der Waals surface area contributed by atoms with E-state index in [4.69, 9.17) is 4.74 Å². The number of hydrogen-bond acceptors (Lipinski definition) is 3. The summed E-state index contributed by atoms with van der Waals surface area (Å²) in [4.78, 5) is 0. The molecule has 0 aromatic rings. The van der Waals surface area contributed by atoms with E-state index in [-0.39, 0.29) is 0 Å². The smallest absolute Gasteiger partial charge is 0.0509 e. The summed E-state index contributed by atoms with van der Waals surface area (Å²) in [5.41, 5.74) is 0. The van der Waals surface area contributed by atoms with Crippen LogP contribution in [-0.4, -0.2) is 38.4 Å². The van der Waals surface area contributed by atoms with Crippen molar-refractivity contribution in [3.63, 3.8) is 0 Å². The number of piperidine rings is 1. The summed E-state index contributed by atoms with van der Waals surface area (Å²) >= 11 is 0. The molecule has 3 nitrogen and oxygen atoms in total. The summed E-state index contributed by atoms with van der Waals surface area (Å²) in [7, 11) is 0. The SMILES string of the molecule is CC1CCCNC1CNC(C)C1CCOC1. The molecule has 0 radical (unpaired) electrons. The Balaban J connectivity index is 1.69. The minimum atomic E-state index is 0.596. The molecule has 0 aromatic carbocycles. The molecule has 2 N–H and O–H groups in total. The van der Waals surface area contributed by atoms with Gasteiger partial charge in [0, 0.05) is 25.2 Å². The molecule has 2 aliphatic rings. The molecule has 0 aromatic heterocycles. The van der Waals surface area contributed by atoms with Crippen LogP contribution < -0.4 is 10.6 Å². The van der Waals surface area contributed by atoms with E-state index in [0.29, 0.717) is 12.1 Å². The molecule has 2 saturated heterocycles. The number of rotatable bonds is 4. The van der Waals surface area contributed by atoms with Crippen molar-refractivity contribution in [1.82, 2.24) is 10.6 Å². The molecule has 4 unspecified atom stereocenters. The molecular weight excluding hydrogens is 200 g/mol. The van der Waals surface area contributed by atoms with Gasteiger partial charge >= 0.3 is 0 Å². The van der Waals surface area contributed by atoms with Crippen LogP contribution >= 0.6 is 0 Å². The van der Waals surface area contributed by atoms with Crippen molar-refractivity contribution in [2.24, 2.45) is 11.8 Å². The van der Waals surface area contributed by atoms with E-state index in [1.807, 2.05) is 0 Å². The highest BCUT2D eigenvalue weighted by molar-refractivity contribution is 4.83. The summed E-state index contributed by atoms with van der Waals surface area (Å²) in [5, 5.41) is 7.30. The lowest BCUT2D eigenvalue weighted by Gasteiger charge is -2.32. The predicted octanol–water partition coefficient (Wildman–Crippen LogP) is 1.39. The highest BCUT2D eigenvalue weighted by atomic mass is 16.5. The van der Waals surface area contributed by atoms with Gasteiger partial charge in [0.25, 0.3) is 0 Å². The molecule has 0 saturated carbocycles. The van der Waals surface area contributed by atoms with Crippen LogP contribution in [0.25, 0.3) is 0 Å². The molecular formula is C13H26N2O. The summed E-state index contributed by atoms with van der Waals surface area (Å²) < 4.78 is 5.44. The number of nitrogens with one attached hydrogen (secondary N) is 2. The Hall–Kier alpha value is -0.120. The zero-order chi connectivity index (χ0) is 11.4. The number of ether oxygens (including phenoxy) is 1. The molecule has 0 aliphatic carbocycles. The first kappa shape index (κ1) is 12.3. The first-order valence-electron chi connectivity index (χ1n) is 6.82. The molecule has 16 heavy (non-hydrogen) atoms. The van der Waals surface area contributed by atoms with Gasteiger partial charge in [-0.15, -0.1) is 0 Å². The molecule has 2 rings (SSSR count). The van der Waals surface area contributed by atoms with Gasteiger partial charge in [-0.25, -0.2) is 0 Å². The van der Waals surface area contributed by atoms with E-state index < -0.39 is 0 Å². The van der Waals surface area contributed by atoms with Crippen LogP contribution in [0.4, 0.5) is 0 Å². The number of hydrogen-bond donors (Lipinski definition) is 2. The Labute approximate surface area is 99.3 Å². The molecule has 0 amide bonds. The Morgan fingerprint density at radius 3 is 3.00 bits per heavy atom. The van der Waals surface area contributed by atoms with Crippen molar-refractivity contribution < 1.29 is 4.74 Å². The molecule has 2 fully saturated rings. The predicted molar refractivity (Wildman–Crippen MR) is 66.6 cm³/mol. The van der Waals surface area contributed by atoms with Gasteiger partial charge in [0.1, 0.15) is 0 Å². The van der Waals surface area contributed by atoms with E-state index >= 15 is 0 Å². The Kier molecular flexibility index (Phi) is 4.62. The van der Waals surface area contributed by atoms with Crippen molar-refractivity contribution in [1.29, 1.82) is 0 Å². The van der Waals surface area contributed by atoms with Gasteiger partial charge in [-0.1, -0.05) is 6.92 Å². The second-order valence-electron chi connectivity index (χ2n) is 5.50. The Morgan fingerprint density at radius 1 is 1.44 bits per heavy atom. The second kappa shape index (κ2) is 5.99. The van der Waals surface area contributed by atoms with Crippen LogP contribution in [0.2, 0.25) is 0 Å². The topological polar surface area (TPSA) is 33.3 Å². The van der Waals surface area contributed by atoms with Crippen molar-refractivity contribution in [2.75, 3.05) is 26.3 Å². The summed E-state index contributed by atoms with van der Waals surface area (Å²) in [6.45, 7) is 8.86. The fourth-order valence-electron chi connectivity index (χ4n) is 2.81. The quantitative estimate of drug-likeness (QED) is 0.760. The van der Waals surface area contributed by atoms with Crippen LogP contribution in [-0.2, 0) is 4.74 Å². The van der Waals surface area contributed by atoms with Crippen LogP contribution in [0.5, 0.6) is 0 Å². The summed E-state index contributed by atoms with van der Waals surface area (Å²) in [6.07, 6.45) is 3.94. The van der Waals surface area contributed by atoms with Crippen molar-refractivity contribution in [2.45, 2.75) is 45.2 Å². The first-order chi connectivity index (χ1) is 7.77. The fourth-order valence-corrected chi connectivity index (χ4v) is 2.81. The molecule has 2 heterocycles. The summed E-state index contributed by atoms with van der Waals surface area (Å²) in [6, 6.07) is 1.26. The normalized spacial score (nSPS) is 37.5. The molecule has 2 aliphatic heterocycles. The molecule has 0 spiro atoms. The minimum Gasteiger partial charge on any atom is -0.381 e.